The summed E-state index contributed by atoms with van der Waals surface area (Å²) >= 11 is 0. The van der Waals surface area contributed by atoms with Crippen LogP contribution in [-0.2, 0) is 4.79 Å². The van der Waals surface area contributed by atoms with Gasteiger partial charge in [0, 0.05) is 24.7 Å². The molecular weight excluding hydrogens is 216 g/mol. The fourth-order valence-electron chi connectivity index (χ4n) is 1.81. The fraction of sp³-hybridized carbons (Fsp3) is 0.364. The average molecular weight is 227 g/mol. The molecule has 1 aromatic carbocycles. The van der Waals surface area contributed by atoms with Gasteiger partial charge in [0.1, 0.15) is 17.7 Å². The third-order valence-corrected chi connectivity index (χ3v) is 2.75. The van der Waals surface area contributed by atoms with Crippen molar-refractivity contribution in [1.29, 1.82) is 0 Å². The molecule has 1 unspecified atom stereocenters. The van der Waals surface area contributed by atoms with E-state index in [-0.39, 0.29) is 5.56 Å². The van der Waals surface area contributed by atoms with Gasteiger partial charge in [-0.25, -0.2) is 8.78 Å². The number of halogens is 2. The molecule has 1 aromatic rings. The van der Waals surface area contributed by atoms with E-state index in [0.717, 1.165) is 12.5 Å². The Morgan fingerprint density at radius 2 is 2.06 bits per heavy atom. The van der Waals surface area contributed by atoms with Crippen LogP contribution in [-0.4, -0.2) is 29.1 Å². The Kier molecular flexibility index (Phi) is 2.87. The van der Waals surface area contributed by atoms with Crippen LogP contribution in [0.4, 0.5) is 8.78 Å². The normalized spacial score (nSPS) is 17.9. The van der Waals surface area contributed by atoms with E-state index in [1.807, 2.05) is 0 Å². The minimum atomic E-state index is -1.11. The smallest absolute Gasteiger partial charge is 0.325 e. The summed E-state index contributed by atoms with van der Waals surface area (Å²) in [6, 6.07) is 1.98. The van der Waals surface area contributed by atoms with E-state index in [2.05, 4.69) is 0 Å². The second kappa shape index (κ2) is 4.17. The first-order chi connectivity index (χ1) is 7.59. The predicted octanol–water partition coefficient (Wildman–Crippen LogP) is 1.80. The molecule has 1 aliphatic heterocycles. The monoisotopic (exact) mass is 227 g/mol. The van der Waals surface area contributed by atoms with E-state index in [9.17, 15) is 13.6 Å². The van der Waals surface area contributed by atoms with Gasteiger partial charge in [-0.05, 0) is 12.5 Å². The highest BCUT2D eigenvalue weighted by atomic mass is 19.1. The molecule has 0 aromatic heterocycles. The maximum atomic E-state index is 13.5. The molecule has 1 N–H and O–H groups in total. The highest BCUT2D eigenvalue weighted by molar-refractivity contribution is 5.75. The Labute approximate surface area is 91.3 Å². The lowest BCUT2D eigenvalue weighted by Crippen LogP contribution is -2.43. The second-order valence-electron chi connectivity index (χ2n) is 3.80. The van der Waals surface area contributed by atoms with E-state index < -0.39 is 23.6 Å². The molecule has 1 saturated heterocycles. The van der Waals surface area contributed by atoms with Gasteiger partial charge < -0.3 is 5.11 Å². The van der Waals surface area contributed by atoms with Crippen molar-refractivity contribution in [3.63, 3.8) is 0 Å². The van der Waals surface area contributed by atoms with Crippen molar-refractivity contribution < 1.29 is 18.7 Å². The molecule has 0 radical (unpaired) electrons. The first kappa shape index (κ1) is 11.0. The molecule has 0 spiro atoms. The van der Waals surface area contributed by atoms with Gasteiger partial charge in [-0.15, -0.1) is 0 Å². The molecule has 0 bridgehead atoms. The van der Waals surface area contributed by atoms with Gasteiger partial charge in [0.25, 0.3) is 0 Å². The van der Waals surface area contributed by atoms with Crippen molar-refractivity contribution in [1.82, 2.24) is 4.90 Å². The summed E-state index contributed by atoms with van der Waals surface area (Å²) in [5.74, 6) is -2.61. The van der Waals surface area contributed by atoms with Crippen molar-refractivity contribution in [3.8, 4) is 0 Å². The third kappa shape index (κ3) is 1.90. The molecule has 5 heteroatoms. The summed E-state index contributed by atoms with van der Waals surface area (Å²) in [7, 11) is 0. The zero-order chi connectivity index (χ0) is 11.7. The van der Waals surface area contributed by atoms with E-state index in [0.29, 0.717) is 19.2 Å². The van der Waals surface area contributed by atoms with Gasteiger partial charge in [0.15, 0.2) is 0 Å². The number of aliphatic carboxylic acids is 1. The molecule has 1 heterocycles. The minimum absolute atomic E-state index is 0.0219. The number of carboxylic acid groups (broad SMARTS) is 1. The molecule has 1 fully saturated rings. The first-order valence-corrected chi connectivity index (χ1v) is 5.01. The van der Waals surface area contributed by atoms with Crippen molar-refractivity contribution in [2.45, 2.75) is 12.5 Å². The van der Waals surface area contributed by atoms with Crippen LogP contribution in [0.25, 0.3) is 0 Å². The Balaban J connectivity index is 2.34. The average Bonchev–Trinajstić information content (AvgIpc) is 2.11. The molecule has 0 amide bonds. The number of likely N-dealkylation sites (tertiary alicyclic amines) is 1. The number of nitrogens with zero attached hydrogens (tertiary/aromatic N) is 1. The van der Waals surface area contributed by atoms with Crippen molar-refractivity contribution in [2.24, 2.45) is 0 Å². The summed E-state index contributed by atoms with van der Waals surface area (Å²) in [5, 5.41) is 9.05. The lowest BCUT2D eigenvalue weighted by Gasteiger charge is -2.36. The van der Waals surface area contributed by atoms with Gasteiger partial charge in [-0.2, -0.15) is 0 Å². The summed E-state index contributed by atoms with van der Waals surface area (Å²) in [4.78, 5) is 12.7. The minimum Gasteiger partial charge on any atom is -0.480 e. The molecule has 86 valence electrons. The maximum Gasteiger partial charge on any atom is 0.325 e. The van der Waals surface area contributed by atoms with Crippen molar-refractivity contribution in [3.05, 3.63) is 35.4 Å². The molecule has 2 rings (SSSR count). The van der Waals surface area contributed by atoms with E-state index in [1.54, 1.807) is 4.90 Å². The van der Waals surface area contributed by atoms with Gasteiger partial charge in [-0.1, -0.05) is 6.07 Å². The van der Waals surface area contributed by atoms with Crippen LogP contribution < -0.4 is 0 Å². The molecule has 1 atom stereocenters. The quantitative estimate of drug-likeness (QED) is 0.855. The first-order valence-electron chi connectivity index (χ1n) is 5.01. The highest BCUT2D eigenvalue weighted by Gasteiger charge is 2.33. The molecule has 3 nitrogen and oxygen atoms in total. The van der Waals surface area contributed by atoms with Crippen LogP contribution in [0.2, 0.25) is 0 Å². The SMILES string of the molecule is O=C(O)C(c1ccc(F)cc1F)N1CCC1. The zero-order valence-electron chi connectivity index (χ0n) is 8.49. The summed E-state index contributed by atoms with van der Waals surface area (Å²) < 4.78 is 26.2. The molecule has 1 aliphatic rings. The number of rotatable bonds is 3. The van der Waals surface area contributed by atoms with E-state index >= 15 is 0 Å². The number of hydrogen-bond donors (Lipinski definition) is 1. The lowest BCUT2D eigenvalue weighted by molar-refractivity contribution is -0.145. The molecule has 0 saturated carbocycles. The Bertz CT molecular complexity index is 418. The van der Waals surface area contributed by atoms with Crippen molar-refractivity contribution >= 4 is 5.97 Å². The van der Waals surface area contributed by atoms with Gasteiger partial charge in [-0.3, -0.25) is 9.69 Å². The highest BCUT2D eigenvalue weighted by Crippen LogP contribution is 2.28. The summed E-state index contributed by atoms with van der Waals surface area (Å²) in [6.45, 7) is 1.27. The number of hydrogen-bond acceptors (Lipinski definition) is 2. The van der Waals surface area contributed by atoms with Gasteiger partial charge >= 0.3 is 5.97 Å². The number of carboxylic acids is 1. The lowest BCUT2D eigenvalue weighted by atomic mass is 10.0. The fourth-order valence-corrected chi connectivity index (χ4v) is 1.81. The van der Waals surface area contributed by atoms with Crippen molar-refractivity contribution in [2.75, 3.05) is 13.1 Å². The van der Waals surface area contributed by atoms with Crippen LogP contribution >= 0.6 is 0 Å². The number of carbonyl (C=O) groups is 1. The van der Waals surface area contributed by atoms with E-state index in [4.69, 9.17) is 5.11 Å². The molecule has 0 aliphatic carbocycles. The van der Waals surface area contributed by atoms with Gasteiger partial charge in [0.2, 0.25) is 0 Å². The topological polar surface area (TPSA) is 40.5 Å². The second-order valence-corrected chi connectivity index (χ2v) is 3.80. The maximum absolute atomic E-state index is 13.5. The largest absolute Gasteiger partial charge is 0.480 e. The summed E-state index contributed by atoms with van der Waals surface area (Å²) in [6.07, 6.45) is 0.909. The van der Waals surface area contributed by atoms with Gasteiger partial charge in [0.05, 0.1) is 0 Å². The van der Waals surface area contributed by atoms with Crippen LogP contribution in [0, 0.1) is 11.6 Å². The Hall–Kier alpha value is -1.49. The standard InChI is InChI=1S/C11H11F2NO2/c12-7-2-3-8(9(13)6-7)10(11(15)16)14-4-1-5-14/h2-3,6,10H,1,4-5H2,(H,15,16). The third-order valence-electron chi connectivity index (χ3n) is 2.75. The Morgan fingerprint density at radius 3 is 2.50 bits per heavy atom. The molecule has 16 heavy (non-hydrogen) atoms. The number of benzene rings is 1. The zero-order valence-corrected chi connectivity index (χ0v) is 8.49. The predicted molar refractivity (Wildman–Crippen MR) is 52.9 cm³/mol. The summed E-state index contributed by atoms with van der Waals surface area (Å²) in [5.41, 5.74) is 0.0219. The van der Waals surface area contributed by atoms with Crippen LogP contribution in [0.5, 0.6) is 0 Å². The van der Waals surface area contributed by atoms with E-state index in [1.165, 1.54) is 6.07 Å². The van der Waals surface area contributed by atoms with Crippen LogP contribution in [0.1, 0.15) is 18.0 Å². The Morgan fingerprint density at radius 1 is 1.38 bits per heavy atom. The van der Waals surface area contributed by atoms with Crippen LogP contribution in [0.15, 0.2) is 18.2 Å². The van der Waals surface area contributed by atoms with Crippen LogP contribution in [0.3, 0.4) is 0 Å². The molecular formula is C11H11F2NO2.